The Hall–Kier alpha value is -4.24. The molecule has 4 aromatic rings. The molecule has 9 nitrogen and oxygen atoms in total. The number of hydrogen-bond donors (Lipinski definition) is 1. The molecule has 0 amide bonds. The lowest BCUT2D eigenvalue weighted by molar-refractivity contribution is 0.0164. The molecule has 0 saturated heterocycles. The third-order valence-corrected chi connectivity index (χ3v) is 8.08. The van der Waals surface area contributed by atoms with Crippen LogP contribution in [0, 0.1) is 11.3 Å². The molecule has 216 valence electrons. The molecule has 1 unspecified atom stereocenters. The molecule has 0 bridgehead atoms. The van der Waals surface area contributed by atoms with Crippen molar-refractivity contribution in [3.05, 3.63) is 80.0 Å². The third-order valence-electron chi connectivity index (χ3n) is 8.08. The minimum absolute atomic E-state index is 0.181. The van der Waals surface area contributed by atoms with Crippen LogP contribution in [-0.2, 0) is 0 Å². The Morgan fingerprint density at radius 1 is 0.805 bits per heavy atom. The number of aliphatic hydroxyl groups is 1. The van der Waals surface area contributed by atoms with E-state index in [1.807, 2.05) is 6.92 Å². The smallest absolute Gasteiger partial charge is 0.336 e. The number of aliphatic hydroxyl groups excluding tert-OH is 1. The predicted molar refractivity (Wildman–Crippen MR) is 155 cm³/mol. The van der Waals surface area contributed by atoms with Crippen molar-refractivity contribution in [3.63, 3.8) is 0 Å². The molecule has 2 aromatic carbocycles. The molecule has 3 atom stereocenters. The lowest BCUT2D eigenvalue weighted by Gasteiger charge is -2.46. The van der Waals surface area contributed by atoms with E-state index >= 15 is 0 Å². The van der Waals surface area contributed by atoms with E-state index in [-0.39, 0.29) is 5.58 Å². The van der Waals surface area contributed by atoms with Gasteiger partial charge in [0.2, 0.25) is 0 Å². The lowest BCUT2D eigenvalue weighted by Crippen LogP contribution is -2.37. The Balaban J connectivity index is 1.84. The van der Waals surface area contributed by atoms with Crippen molar-refractivity contribution in [1.29, 1.82) is 0 Å². The van der Waals surface area contributed by atoms with Crippen LogP contribution >= 0.6 is 0 Å². The van der Waals surface area contributed by atoms with Crippen LogP contribution in [0.5, 0.6) is 23.0 Å². The van der Waals surface area contributed by atoms with Crippen LogP contribution in [0.25, 0.3) is 21.9 Å². The van der Waals surface area contributed by atoms with Gasteiger partial charge in [0.25, 0.3) is 0 Å². The van der Waals surface area contributed by atoms with Crippen LogP contribution in [0.3, 0.4) is 0 Å². The summed E-state index contributed by atoms with van der Waals surface area (Å²) in [6, 6.07) is 9.36. The van der Waals surface area contributed by atoms with Crippen molar-refractivity contribution >= 4 is 21.9 Å². The third kappa shape index (κ3) is 4.74. The first-order valence-corrected chi connectivity index (χ1v) is 13.3. The molecule has 0 saturated carbocycles. The fraction of sp³-hybridized carbons (Fsp3) is 0.375. The van der Waals surface area contributed by atoms with Crippen molar-refractivity contribution < 1.29 is 32.9 Å². The molecule has 2 heterocycles. The molecule has 5 rings (SSSR count). The molecular weight excluding hydrogens is 528 g/mol. The molecule has 41 heavy (non-hydrogen) atoms. The van der Waals surface area contributed by atoms with Gasteiger partial charge in [0.15, 0.2) is 5.58 Å². The first kappa shape index (κ1) is 28.3. The van der Waals surface area contributed by atoms with Gasteiger partial charge in [-0.1, -0.05) is 25.5 Å². The van der Waals surface area contributed by atoms with Gasteiger partial charge < -0.3 is 32.9 Å². The fourth-order valence-electron chi connectivity index (χ4n) is 6.52. The van der Waals surface area contributed by atoms with E-state index in [2.05, 4.69) is 19.9 Å². The van der Waals surface area contributed by atoms with Crippen molar-refractivity contribution in [3.8, 4) is 23.0 Å². The van der Waals surface area contributed by atoms with Gasteiger partial charge in [-0.05, 0) is 30.9 Å². The zero-order valence-corrected chi connectivity index (χ0v) is 24.2. The highest BCUT2D eigenvalue weighted by Crippen LogP contribution is 2.57. The summed E-state index contributed by atoms with van der Waals surface area (Å²) < 4.78 is 34.2. The highest BCUT2D eigenvalue weighted by atomic mass is 16.5. The van der Waals surface area contributed by atoms with E-state index in [0.717, 1.165) is 5.57 Å². The van der Waals surface area contributed by atoms with Gasteiger partial charge in [-0.3, -0.25) is 0 Å². The van der Waals surface area contributed by atoms with Crippen LogP contribution in [0.1, 0.15) is 50.3 Å². The topological polar surface area (TPSA) is 118 Å². The zero-order valence-electron chi connectivity index (χ0n) is 24.2. The maximum absolute atomic E-state index is 12.5. The summed E-state index contributed by atoms with van der Waals surface area (Å²) in [6.07, 6.45) is 1.57. The quantitative estimate of drug-likeness (QED) is 0.222. The molecule has 9 heteroatoms. The van der Waals surface area contributed by atoms with E-state index in [1.165, 1.54) is 40.6 Å². The lowest BCUT2D eigenvalue weighted by atomic mass is 9.60. The number of fused-ring (bicyclic) bond motifs is 2. The zero-order chi connectivity index (χ0) is 29.6. The van der Waals surface area contributed by atoms with E-state index in [9.17, 15) is 14.7 Å². The van der Waals surface area contributed by atoms with Crippen LogP contribution in [0.2, 0.25) is 0 Å². The van der Waals surface area contributed by atoms with Crippen LogP contribution in [-0.4, -0.2) is 33.5 Å². The molecule has 0 aliphatic heterocycles. The Morgan fingerprint density at radius 3 is 1.88 bits per heavy atom. The van der Waals surface area contributed by atoms with E-state index < -0.39 is 34.6 Å². The predicted octanol–water partition coefficient (Wildman–Crippen LogP) is 5.74. The van der Waals surface area contributed by atoms with Crippen molar-refractivity contribution in [2.24, 2.45) is 11.3 Å². The molecule has 0 spiro atoms. The standard InChI is InChI=1S/C32H34O9/c1-16-12-19(26-22(38-6)13-20(36-4)17-8-10-24(33)40-30(17)26)28(32(2,3)15-16)29(35)27-23(39-7)14-21(37-5)18-9-11-25(34)41-31(18)27/h8-14,19,28-29,35H,15H2,1-7H3/t19-,28?,29+/m0/s1. The second-order valence-corrected chi connectivity index (χ2v) is 11.1. The van der Waals surface area contributed by atoms with E-state index in [0.29, 0.717) is 56.9 Å². The summed E-state index contributed by atoms with van der Waals surface area (Å²) in [5.74, 6) is 0.692. The first-order valence-electron chi connectivity index (χ1n) is 13.3. The highest BCUT2D eigenvalue weighted by Gasteiger charge is 2.47. The largest absolute Gasteiger partial charge is 0.496 e. The minimum atomic E-state index is -1.19. The van der Waals surface area contributed by atoms with Crippen LogP contribution in [0.4, 0.5) is 0 Å². The first-order chi connectivity index (χ1) is 19.5. The molecule has 1 aliphatic carbocycles. The molecule has 1 N–H and O–H groups in total. The van der Waals surface area contributed by atoms with Gasteiger partial charge >= 0.3 is 11.3 Å². The summed E-state index contributed by atoms with van der Waals surface area (Å²) >= 11 is 0. The van der Waals surface area contributed by atoms with Gasteiger partial charge in [0.1, 0.15) is 28.6 Å². The maximum atomic E-state index is 12.5. The monoisotopic (exact) mass is 562 g/mol. The number of allylic oxidation sites excluding steroid dienone is 2. The summed E-state index contributed by atoms with van der Waals surface area (Å²) in [5, 5.41) is 13.5. The van der Waals surface area contributed by atoms with Gasteiger partial charge in [-0.15, -0.1) is 0 Å². The van der Waals surface area contributed by atoms with Crippen molar-refractivity contribution in [1.82, 2.24) is 0 Å². The number of rotatable bonds is 7. The van der Waals surface area contributed by atoms with Gasteiger partial charge in [-0.2, -0.15) is 0 Å². The van der Waals surface area contributed by atoms with Crippen molar-refractivity contribution in [2.75, 3.05) is 28.4 Å². The van der Waals surface area contributed by atoms with Crippen LogP contribution in [0.15, 0.2) is 66.5 Å². The highest BCUT2D eigenvalue weighted by molar-refractivity contribution is 5.90. The number of benzene rings is 2. The SMILES string of the molecule is COc1cc(OC)c2ccc(=O)oc2c1[C@@H](O)C1[C@H](c2c(OC)cc(OC)c3ccc(=O)oc23)C=C(C)CC1(C)C. The average molecular weight is 563 g/mol. The normalized spacial score (nSPS) is 19.1. The minimum Gasteiger partial charge on any atom is -0.496 e. The Morgan fingerprint density at radius 2 is 1.32 bits per heavy atom. The maximum Gasteiger partial charge on any atom is 0.336 e. The van der Waals surface area contributed by atoms with E-state index in [1.54, 1.807) is 24.3 Å². The molecule has 1 aliphatic rings. The molecular formula is C32H34O9. The summed E-state index contributed by atoms with van der Waals surface area (Å²) in [5.41, 5.74) is 0.960. The van der Waals surface area contributed by atoms with Crippen molar-refractivity contribution in [2.45, 2.75) is 39.2 Å². The number of ether oxygens (including phenoxy) is 4. The number of hydrogen-bond acceptors (Lipinski definition) is 9. The summed E-state index contributed by atoms with van der Waals surface area (Å²) in [4.78, 5) is 24.9. The second kappa shape index (κ2) is 10.6. The van der Waals surface area contributed by atoms with E-state index in [4.69, 9.17) is 27.8 Å². The molecule has 0 fully saturated rings. The van der Waals surface area contributed by atoms with Crippen LogP contribution < -0.4 is 30.2 Å². The van der Waals surface area contributed by atoms with Gasteiger partial charge in [-0.25, -0.2) is 9.59 Å². The molecule has 0 radical (unpaired) electrons. The van der Waals surface area contributed by atoms with Gasteiger partial charge in [0.05, 0.1) is 50.9 Å². The Bertz CT molecular complexity index is 1780. The Kier molecular flexibility index (Phi) is 7.33. The summed E-state index contributed by atoms with van der Waals surface area (Å²) in [6.45, 7) is 6.19. The fourth-order valence-corrected chi connectivity index (χ4v) is 6.52. The Labute approximate surface area is 236 Å². The van der Waals surface area contributed by atoms with Gasteiger partial charge in [0, 0.05) is 41.7 Å². The number of methoxy groups -OCH3 is 4. The second-order valence-electron chi connectivity index (χ2n) is 11.1. The summed E-state index contributed by atoms with van der Waals surface area (Å²) in [7, 11) is 6.07. The molecule has 2 aromatic heterocycles. The average Bonchev–Trinajstić information content (AvgIpc) is 2.93.